The predicted octanol–water partition coefficient (Wildman–Crippen LogP) is 2.32. The van der Waals surface area contributed by atoms with Crippen LogP contribution in [-0.4, -0.2) is 27.8 Å². The summed E-state index contributed by atoms with van der Waals surface area (Å²) >= 11 is 4.92. The quantitative estimate of drug-likeness (QED) is 0.781. The van der Waals surface area contributed by atoms with Crippen LogP contribution in [0.25, 0.3) is 0 Å². The zero-order valence-corrected chi connectivity index (χ0v) is 10.5. The van der Waals surface area contributed by atoms with Crippen molar-refractivity contribution in [2.75, 3.05) is 17.3 Å². The Bertz CT molecular complexity index is 264. The van der Waals surface area contributed by atoms with Gasteiger partial charge in [-0.05, 0) is 6.92 Å². The van der Waals surface area contributed by atoms with Crippen molar-refractivity contribution < 1.29 is 0 Å². The third-order valence-corrected chi connectivity index (χ3v) is 3.74. The summed E-state index contributed by atoms with van der Waals surface area (Å²) in [5.74, 6) is 0.939. The molecule has 0 amide bonds. The maximum Gasteiger partial charge on any atom is 0.205 e. The molecule has 5 heteroatoms. The summed E-state index contributed by atoms with van der Waals surface area (Å²) in [6.07, 6.45) is 0.910. The number of aryl methyl sites for hydroxylation is 1. The third-order valence-electron chi connectivity index (χ3n) is 1.96. The zero-order valence-electron chi connectivity index (χ0n) is 8.12. The molecule has 13 heavy (non-hydrogen) atoms. The second-order valence-electron chi connectivity index (χ2n) is 2.96. The van der Waals surface area contributed by atoms with E-state index in [0.29, 0.717) is 6.04 Å². The van der Waals surface area contributed by atoms with Gasteiger partial charge in [0.1, 0.15) is 5.82 Å². The van der Waals surface area contributed by atoms with E-state index in [-0.39, 0.29) is 0 Å². The second kappa shape index (κ2) is 4.91. The van der Waals surface area contributed by atoms with Gasteiger partial charge in [-0.15, -0.1) is 0 Å². The highest BCUT2D eigenvalue weighted by molar-refractivity contribution is 9.09. The zero-order chi connectivity index (χ0) is 9.84. The topological polar surface area (TPSA) is 29.0 Å². The van der Waals surface area contributed by atoms with E-state index >= 15 is 0 Å². The fourth-order valence-electron chi connectivity index (χ4n) is 0.824. The molecule has 0 aromatic carbocycles. The van der Waals surface area contributed by atoms with E-state index in [0.717, 1.165) is 22.7 Å². The van der Waals surface area contributed by atoms with Gasteiger partial charge < -0.3 is 4.90 Å². The monoisotopic (exact) mass is 263 g/mol. The van der Waals surface area contributed by atoms with E-state index < -0.39 is 0 Å². The van der Waals surface area contributed by atoms with Crippen molar-refractivity contribution in [2.24, 2.45) is 0 Å². The highest BCUT2D eigenvalue weighted by Crippen LogP contribution is 2.18. The molecule has 0 aliphatic carbocycles. The molecule has 1 unspecified atom stereocenters. The third kappa shape index (κ3) is 2.64. The lowest BCUT2D eigenvalue weighted by atomic mass is 10.4. The standard InChI is InChI=1S/C8H14BrN3S/c1-4-7-10-8(13-11-7)12(3)6(2)5-9/h6H,4-5H2,1-3H3. The van der Waals surface area contributed by atoms with Crippen LogP contribution in [0.1, 0.15) is 19.7 Å². The fraction of sp³-hybridized carbons (Fsp3) is 0.750. The smallest absolute Gasteiger partial charge is 0.205 e. The Labute approximate surface area is 91.5 Å². The van der Waals surface area contributed by atoms with Crippen molar-refractivity contribution in [3.63, 3.8) is 0 Å². The molecule has 0 saturated heterocycles. The Balaban J connectivity index is 2.70. The Morgan fingerprint density at radius 1 is 1.62 bits per heavy atom. The van der Waals surface area contributed by atoms with E-state index in [1.54, 1.807) is 0 Å². The van der Waals surface area contributed by atoms with Crippen LogP contribution in [-0.2, 0) is 6.42 Å². The van der Waals surface area contributed by atoms with Gasteiger partial charge in [0, 0.05) is 36.4 Å². The summed E-state index contributed by atoms with van der Waals surface area (Å²) in [5.41, 5.74) is 0. The van der Waals surface area contributed by atoms with Crippen LogP contribution in [0.15, 0.2) is 0 Å². The first kappa shape index (κ1) is 10.9. The minimum absolute atomic E-state index is 0.456. The lowest BCUT2D eigenvalue weighted by Crippen LogP contribution is -2.29. The summed E-state index contributed by atoms with van der Waals surface area (Å²) < 4.78 is 4.25. The number of rotatable bonds is 4. The number of hydrogen-bond acceptors (Lipinski definition) is 4. The van der Waals surface area contributed by atoms with Gasteiger partial charge in [0.25, 0.3) is 0 Å². The average molecular weight is 264 g/mol. The predicted molar refractivity (Wildman–Crippen MR) is 60.9 cm³/mol. The van der Waals surface area contributed by atoms with Crippen molar-refractivity contribution in [1.82, 2.24) is 9.36 Å². The number of nitrogens with zero attached hydrogens (tertiary/aromatic N) is 3. The molecule has 0 bridgehead atoms. The first-order chi connectivity index (χ1) is 6.19. The van der Waals surface area contributed by atoms with Gasteiger partial charge in [-0.2, -0.15) is 4.37 Å². The molecule has 74 valence electrons. The largest absolute Gasteiger partial charge is 0.346 e. The molecule has 1 heterocycles. The SMILES string of the molecule is CCc1nsc(N(C)C(C)CBr)n1. The molecule has 0 spiro atoms. The molecule has 0 aliphatic rings. The molecule has 3 nitrogen and oxygen atoms in total. The van der Waals surface area contributed by atoms with Gasteiger partial charge in [-0.3, -0.25) is 0 Å². The molecule has 0 fully saturated rings. The van der Waals surface area contributed by atoms with E-state index in [9.17, 15) is 0 Å². The van der Waals surface area contributed by atoms with Crippen molar-refractivity contribution >= 4 is 32.6 Å². The summed E-state index contributed by atoms with van der Waals surface area (Å²) in [4.78, 5) is 6.55. The van der Waals surface area contributed by atoms with Gasteiger partial charge in [0.2, 0.25) is 5.13 Å². The fourth-order valence-corrected chi connectivity index (χ4v) is 2.07. The molecule has 1 aromatic heterocycles. The highest BCUT2D eigenvalue weighted by Gasteiger charge is 2.12. The summed E-state index contributed by atoms with van der Waals surface area (Å²) in [6.45, 7) is 4.22. The molecule has 0 N–H and O–H groups in total. The molecule has 0 radical (unpaired) electrons. The number of halogens is 1. The molecule has 1 atom stereocenters. The van der Waals surface area contributed by atoms with Crippen LogP contribution in [0, 0.1) is 0 Å². The molecule has 0 aliphatic heterocycles. The van der Waals surface area contributed by atoms with E-state index in [4.69, 9.17) is 0 Å². The summed E-state index contributed by atoms with van der Waals surface area (Å²) in [6, 6.07) is 0.456. The van der Waals surface area contributed by atoms with Crippen molar-refractivity contribution in [3.05, 3.63) is 5.82 Å². The van der Waals surface area contributed by atoms with Gasteiger partial charge in [0.15, 0.2) is 0 Å². The molecular formula is C8H14BrN3S. The minimum atomic E-state index is 0.456. The van der Waals surface area contributed by atoms with Crippen LogP contribution < -0.4 is 4.90 Å². The van der Waals surface area contributed by atoms with Crippen molar-refractivity contribution in [1.29, 1.82) is 0 Å². The van der Waals surface area contributed by atoms with E-state index in [1.165, 1.54) is 11.5 Å². The molecule has 0 saturated carbocycles. The number of aromatic nitrogens is 2. The second-order valence-corrected chi connectivity index (χ2v) is 4.34. The first-order valence-electron chi connectivity index (χ1n) is 4.30. The van der Waals surface area contributed by atoms with Crippen LogP contribution in [0.2, 0.25) is 0 Å². The van der Waals surface area contributed by atoms with Gasteiger partial charge in [0.05, 0.1) is 0 Å². The van der Waals surface area contributed by atoms with Crippen LogP contribution in [0.3, 0.4) is 0 Å². The Hall–Kier alpha value is -0.160. The van der Waals surface area contributed by atoms with Gasteiger partial charge in [-0.1, -0.05) is 22.9 Å². The average Bonchev–Trinajstić information content (AvgIpc) is 2.63. The number of alkyl halides is 1. The summed E-state index contributed by atoms with van der Waals surface area (Å²) in [5, 5.41) is 1.95. The van der Waals surface area contributed by atoms with Crippen LogP contribution >= 0.6 is 27.5 Å². The Morgan fingerprint density at radius 3 is 2.77 bits per heavy atom. The minimum Gasteiger partial charge on any atom is -0.346 e. The maximum absolute atomic E-state index is 4.41. The van der Waals surface area contributed by atoms with E-state index in [2.05, 4.69) is 44.0 Å². The first-order valence-corrected chi connectivity index (χ1v) is 6.19. The lowest BCUT2D eigenvalue weighted by Gasteiger charge is -2.21. The summed E-state index contributed by atoms with van der Waals surface area (Å²) in [7, 11) is 2.05. The maximum atomic E-state index is 4.41. The lowest BCUT2D eigenvalue weighted by molar-refractivity contribution is 0.763. The Morgan fingerprint density at radius 2 is 2.31 bits per heavy atom. The normalized spacial score (nSPS) is 12.9. The van der Waals surface area contributed by atoms with Gasteiger partial charge >= 0.3 is 0 Å². The van der Waals surface area contributed by atoms with Crippen LogP contribution in [0.5, 0.6) is 0 Å². The van der Waals surface area contributed by atoms with Crippen LogP contribution in [0.4, 0.5) is 5.13 Å². The van der Waals surface area contributed by atoms with Gasteiger partial charge in [-0.25, -0.2) is 4.98 Å². The van der Waals surface area contributed by atoms with Crippen molar-refractivity contribution in [2.45, 2.75) is 26.3 Å². The Kier molecular flexibility index (Phi) is 4.12. The van der Waals surface area contributed by atoms with Crippen molar-refractivity contribution in [3.8, 4) is 0 Å². The highest BCUT2D eigenvalue weighted by atomic mass is 79.9. The number of hydrogen-bond donors (Lipinski definition) is 0. The van der Waals surface area contributed by atoms with E-state index in [1.807, 2.05) is 7.05 Å². The number of anilines is 1. The molecule has 1 aromatic rings. The molecular weight excluding hydrogens is 250 g/mol. The molecule has 1 rings (SSSR count).